The Balaban J connectivity index is 1.94. The number of carbonyl (C=O) groups is 2. The fraction of sp³-hybridized carbons (Fsp3) is 0.529. The van der Waals surface area contributed by atoms with E-state index in [1.165, 1.54) is 4.90 Å². The van der Waals surface area contributed by atoms with Gasteiger partial charge in [0.25, 0.3) is 5.91 Å². The molecular formula is C17H23NO6S. The summed E-state index contributed by atoms with van der Waals surface area (Å²) in [7, 11) is -1.52. The number of ether oxygens (including phenoxy) is 2. The predicted octanol–water partition coefficient (Wildman–Crippen LogP) is 1.03. The molecule has 1 aromatic carbocycles. The van der Waals surface area contributed by atoms with Crippen molar-refractivity contribution in [2.45, 2.75) is 26.0 Å². The topological polar surface area (TPSA) is 90.0 Å². The van der Waals surface area contributed by atoms with Crippen molar-refractivity contribution in [1.82, 2.24) is 4.90 Å². The van der Waals surface area contributed by atoms with E-state index in [-0.39, 0.29) is 23.5 Å². The smallest absolute Gasteiger partial charge is 0.338 e. The van der Waals surface area contributed by atoms with Gasteiger partial charge in [-0.1, -0.05) is 12.1 Å². The summed E-state index contributed by atoms with van der Waals surface area (Å²) in [5.41, 5.74) is 1.17. The van der Waals surface area contributed by atoms with Crippen molar-refractivity contribution in [3.8, 4) is 0 Å². The third-order valence-electron chi connectivity index (χ3n) is 4.11. The molecule has 0 saturated carbocycles. The number of hydrogen-bond donors (Lipinski definition) is 0. The second-order valence-electron chi connectivity index (χ2n) is 5.95. The van der Waals surface area contributed by atoms with E-state index in [4.69, 9.17) is 9.47 Å². The minimum atomic E-state index is -3.08. The van der Waals surface area contributed by atoms with Crippen LogP contribution in [0.25, 0.3) is 0 Å². The summed E-state index contributed by atoms with van der Waals surface area (Å²) in [5.74, 6) is -0.917. The van der Waals surface area contributed by atoms with Gasteiger partial charge in [0.15, 0.2) is 16.4 Å². The number of likely N-dealkylation sites (N-methyl/N-ethyl adjacent to an activating group) is 1. The summed E-state index contributed by atoms with van der Waals surface area (Å²) in [5, 5.41) is 0. The lowest BCUT2D eigenvalue weighted by Gasteiger charge is -2.26. The minimum absolute atomic E-state index is 0.0282. The summed E-state index contributed by atoms with van der Waals surface area (Å²) in [6.45, 7) is 2.12. The van der Waals surface area contributed by atoms with Crippen LogP contribution in [0.15, 0.2) is 24.3 Å². The van der Waals surface area contributed by atoms with E-state index >= 15 is 0 Å². The van der Waals surface area contributed by atoms with Crippen molar-refractivity contribution in [1.29, 1.82) is 0 Å². The first-order valence-corrected chi connectivity index (χ1v) is 9.93. The number of hydrogen-bond acceptors (Lipinski definition) is 6. The van der Waals surface area contributed by atoms with E-state index in [9.17, 15) is 18.0 Å². The number of methoxy groups -OCH3 is 1. The Labute approximate surface area is 147 Å². The van der Waals surface area contributed by atoms with Crippen molar-refractivity contribution in [3.63, 3.8) is 0 Å². The predicted molar refractivity (Wildman–Crippen MR) is 91.9 cm³/mol. The molecule has 138 valence electrons. The molecule has 8 heteroatoms. The quantitative estimate of drug-likeness (QED) is 0.667. The molecule has 1 aromatic rings. The number of amides is 1. The van der Waals surface area contributed by atoms with Gasteiger partial charge in [-0.2, -0.15) is 0 Å². The first-order valence-electron chi connectivity index (χ1n) is 8.11. The summed E-state index contributed by atoms with van der Waals surface area (Å²) in [6, 6.07) is 6.45. The number of esters is 1. The van der Waals surface area contributed by atoms with E-state index in [0.29, 0.717) is 25.1 Å². The van der Waals surface area contributed by atoms with E-state index in [2.05, 4.69) is 0 Å². The van der Waals surface area contributed by atoms with Crippen molar-refractivity contribution >= 4 is 21.7 Å². The number of benzene rings is 1. The first-order chi connectivity index (χ1) is 11.9. The van der Waals surface area contributed by atoms with Gasteiger partial charge in [0.2, 0.25) is 0 Å². The van der Waals surface area contributed by atoms with E-state index < -0.39 is 22.4 Å². The zero-order chi connectivity index (χ0) is 18.4. The standard InChI is InChI=1S/C17H23NO6S/c1-3-18(15-7-8-25(21,22)12-15)16(19)11-24-17(20)14-6-4-5-13(9-14)10-23-2/h4-6,9,15H,3,7-8,10-12H2,1-2H3. The number of rotatable bonds is 7. The van der Waals surface area contributed by atoms with Gasteiger partial charge in [-0.3, -0.25) is 4.79 Å². The largest absolute Gasteiger partial charge is 0.452 e. The molecule has 1 heterocycles. The highest BCUT2D eigenvalue weighted by Crippen LogP contribution is 2.18. The maximum absolute atomic E-state index is 12.3. The lowest BCUT2D eigenvalue weighted by Crippen LogP contribution is -2.43. The van der Waals surface area contributed by atoms with Crippen molar-refractivity contribution in [3.05, 3.63) is 35.4 Å². The van der Waals surface area contributed by atoms with Crippen LogP contribution >= 0.6 is 0 Å². The number of nitrogens with zero attached hydrogens (tertiary/aromatic N) is 1. The molecule has 0 bridgehead atoms. The van der Waals surface area contributed by atoms with Crippen LogP contribution in [0.1, 0.15) is 29.3 Å². The maximum Gasteiger partial charge on any atom is 0.338 e. The molecule has 25 heavy (non-hydrogen) atoms. The van der Waals surface area contributed by atoms with Crippen LogP contribution in [0, 0.1) is 0 Å². The fourth-order valence-corrected chi connectivity index (χ4v) is 4.64. The highest BCUT2D eigenvalue weighted by atomic mass is 32.2. The monoisotopic (exact) mass is 369 g/mol. The van der Waals surface area contributed by atoms with Crippen LogP contribution in [0.4, 0.5) is 0 Å². The molecule has 1 saturated heterocycles. The average Bonchev–Trinajstić information content (AvgIpc) is 2.93. The van der Waals surface area contributed by atoms with Gasteiger partial charge in [-0.25, -0.2) is 13.2 Å². The Hall–Kier alpha value is -1.93. The number of carbonyl (C=O) groups excluding carboxylic acids is 2. The summed E-state index contributed by atoms with van der Waals surface area (Å²) < 4.78 is 33.3. The highest BCUT2D eigenvalue weighted by molar-refractivity contribution is 7.91. The van der Waals surface area contributed by atoms with E-state index in [1.54, 1.807) is 32.2 Å². The molecular weight excluding hydrogens is 346 g/mol. The van der Waals surface area contributed by atoms with Crippen LogP contribution in [0.3, 0.4) is 0 Å². The first kappa shape index (κ1) is 19.4. The minimum Gasteiger partial charge on any atom is -0.452 e. The SMILES string of the molecule is CCN(C(=O)COC(=O)c1cccc(COC)c1)C1CCS(=O)(=O)C1. The van der Waals surface area contributed by atoms with Gasteiger partial charge < -0.3 is 14.4 Å². The fourth-order valence-electron chi connectivity index (χ4n) is 2.91. The van der Waals surface area contributed by atoms with Crippen LogP contribution in [-0.2, 0) is 30.7 Å². The second kappa shape index (κ2) is 8.44. The summed E-state index contributed by atoms with van der Waals surface area (Å²) in [4.78, 5) is 25.9. The molecule has 0 aliphatic carbocycles. The molecule has 0 spiro atoms. The molecule has 1 atom stereocenters. The Bertz CT molecular complexity index is 730. The van der Waals surface area contributed by atoms with Crippen LogP contribution < -0.4 is 0 Å². The average molecular weight is 369 g/mol. The third-order valence-corrected chi connectivity index (χ3v) is 5.86. The van der Waals surface area contributed by atoms with Crippen molar-refractivity contribution in [2.75, 3.05) is 31.8 Å². The van der Waals surface area contributed by atoms with Crippen molar-refractivity contribution in [2.24, 2.45) is 0 Å². The lowest BCUT2D eigenvalue weighted by atomic mass is 10.1. The molecule has 1 aliphatic heterocycles. The molecule has 2 rings (SSSR count). The van der Waals surface area contributed by atoms with E-state index in [1.807, 2.05) is 6.07 Å². The van der Waals surface area contributed by atoms with Gasteiger partial charge in [-0.05, 0) is 31.0 Å². The molecule has 1 unspecified atom stereocenters. The summed E-state index contributed by atoms with van der Waals surface area (Å²) >= 11 is 0. The molecule has 1 fully saturated rings. The Morgan fingerprint density at radius 2 is 2.08 bits per heavy atom. The summed E-state index contributed by atoms with van der Waals surface area (Å²) in [6.07, 6.45) is 0.426. The second-order valence-corrected chi connectivity index (χ2v) is 8.17. The zero-order valence-corrected chi connectivity index (χ0v) is 15.3. The van der Waals surface area contributed by atoms with Gasteiger partial charge in [0.1, 0.15) is 0 Å². The van der Waals surface area contributed by atoms with Gasteiger partial charge in [-0.15, -0.1) is 0 Å². The Morgan fingerprint density at radius 3 is 2.68 bits per heavy atom. The van der Waals surface area contributed by atoms with Crippen LogP contribution in [0.2, 0.25) is 0 Å². The van der Waals surface area contributed by atoms with Crippen LogP contribution in [-0.4, -0.2) is 63.0 Å². The Morgan fingerprint density at radius 1 is 1.32 bits per heavy atom. The van der Waals surface area contributed by atoms with E-state index in [0.717, 1.165) is 5.56 Å². The number of sulfone groups is 1. The molecule has 0 N–H and O–H groups in total. The lowest BCUT2D eigenvalue weighted by molar-refractivity contribution is -0.136. The van der Waals surface area contributed by atoms with Gasteiger partial charge in [0, 0.05) is 19.7 Å². The highest BCUT2D eigenvalue weighted by Gasteiger charge is 2.34. The van der Waals surface area contributed by atoms with Crippen LogP contribution in [0.5, 0.6) is 0 Å². The Kier molecular flexibility index (Phi) is 6.55. The third kappa shape index (κ3) is 5.27. The zero-order valence-electron chi connectivity index (χ0n) is 14.4. The molecule has 7 nitrogen and oxygen atoms in total. The maximum atomic E-state index is 12.3. The molecule has 1 amide bonds. The molecule has 0 aromatic heterocycles. The van der Waals surface area contributed by atoms with Crippen molar-refractivity contribution < 1.29 is 27.5 Å². The van der Waals surface area contributed by atoms with Gasteiger partial charge in [0.05, 0.1) is 23.7 Å². The molecule has 1 aliphatic rings. The normalized spacial score (nSPS) is 18.7. The van der Waals surface area contributed by atoms with Gasteiger partial charge >= 0.3 is 5.97 Å². The molecule has 0 radical (unpaired) electrons.